The molecule has 0 bridgehead atoms. The first-order valence-electron chi connectivity index (χ1n) is 2.73. The highest BCUT2D eigenvalue weighted by atomic mass is 32.3. The first-order valence-corrected chi connectivity index (χ1v) is 4.29. The van der Waals surface area contributed by atoms with Crippen LogP contribution >= 0.6 is 0 Å². The zero-order valence-electron chi connectivity index (χ0n) is 5.12. The minimum absolute atomic E-state index is 0.334. The maximum atomic E-state index is 11.9. The van der Waals surface area contributed by atoms with Crippen molar-refractivity contribution < 1.29 is 21.8 Å². The van der Waals surface area contributed by atoms with E-state index in [2.05, 4.69) is 9.47 Å². The smallest absolute Gasteiger partial charge is 0.307 e. The van der Waals surface area contributed by atoms with Gasteiger partial charge in [-0.3, -0.25) is 0 Å². The van der Waals surface area contributed by atoms with Gasteiger partial charge >= 0.3 is 10.2 Å². The van der Waals surface area contributed by atoms with E-state index in [9.17, 15) is 12.3 Å². The predicted octanol–water partition coefficient (Wildman–Crippen LogP) is -0.341. The van der Waals surface area contributed by atoms with Crippen LogP contribution in [0.15, 0.2) is 0 Å². The van der Waals surface area contributed by atoms with E-state index in [1.54, 1.807) is 0 Å². The minimum atomic E-state index is -4.46. The van der Waals surface area contributed by atoms with Gasteiger partial charge in [-0.05, 0) is 0 Å². The standard InChI is InChI=1S/C4H7FO4S/c5-10(6,7)3-4-8-1-2-9-4/h4H,1-3H2. The minimum Gasteiger partial charge on any atom is -0.349 e. The second-order valence-electron chi connectivity index (χ2n) is 1.88. The second-order valence-corrected chi connectivity index (χ2v) is 3.29. The van der Waals surface area contributed by atoms with Gasteiger partial charge in [0, 0.05) is 0 Å². The first-order chi connectivity index (χ1) is 4.58. The summed E-state index contributed by atoms with van der Waals surface area (Å²) in [4.78, 5) is 0. The van der Waals surface area contributed by atoms with E-state index < -0.39 is 22.3 Å². The Hall–Kier alpha value is -0.200. The summed E-state index contributed by atoms with van der Waals surface area (Å²) >= 11 is 0. The van der Waals surface area contributed by atoms with E-state index in [1.165, 1.54) is 0 Å². The quantitative estimate of drug-likeness (QED) is 0.532. The summed E-state index contributed by atoms with van der Waals surface area (Å²) < 4.78 is 41.1. The topological polar surface area (TPSA) is 52.6 Å². The lowest BCUT2D eigenvalue weighted by Crippen LogP contribution is -2.18. The molecule has 0 unspecified atom stereocenters. The molecule has 0 radical (unpaired) electrons. The summed E-state index contributed by atoms with van der Waals surface area (Å²) in [5, 5.41) is 0. The monoisotopic (exact) mass is 170 g/mol. The first kappa shape index (κ1) is 7.90. The van der Waals surface area contributed by atoms with Crippen LogP contribution in [0.1, 0.15) is 0 Å². The van der Waals surface area contributed by atoms with Gasteiger partial charge in [0.15, 0.2) is 6.29 Å². The molecule has 0 aliphatic carbocycles. The normalized spacial score (nSPS) is 21.7. The third-order valence-corrected chi connectivity index (χ3v) is 1.70. The Morgan fingerprint density at radius 1 is 1.40 bits per heavy atom. The van der Waals surface area contributed by atoms with Crippen molar-refractivity contribution in [1.82, 2.24) is 0 Å². The molecule has 4 nitrogen and oxygen atoms in total. The Morgan fingerprint density at radius 2 is 1.90 bits per heavy atom. The molecule has 1 heterocycles. The van der Waals surface area contributed by atoms with Crippen molar-refractivity contribution in [2.24, 2.45) is 0 Å². The van der Waals surface area contributed by atoms with Crippen molar-refractivity contribution in [3.05, 3.63) is 0 Å². The van der Waals surface area contributed by atoms with Crippen LogP contribution in [0.4, 0.5) is 3.89 Å². The van der Waals surface area contributed by atoms with Crippen molar-refractivity contribution in [3.8, 4) is 0 Å². The van der Waals surface area contributed by atoms with Gasteiger partial charge in [0.25, 0.3) is 0 Å². The second kappa shape index (κ2) is 2.81. The van der Waals surface area contributed by atoms with Gasteiger partial charge in [-0.1, -0.05) is 0 Å². The predicted molar refractivity (Wildman–Crippen MR) is 30.6 cm³/mol. The summed E-state index contributed by atoms with van der Waals surface area (Å²) in [5.41, 5.74) is 0. The Labute approximate surface area is 58.1 Å². The molecule has 1 aliphatic rings. The van der Waals surface area contributed by atoms with E-state index in [4.69, 9.17) is 0 Å². The summed E-state index contributed by atoms with van der Waals surface area (Å²) in [5.74, 6) is -0.701. The number of halogens is 1. The van der Waals surface area contributed by atoms with Crippen molar-refractivity contribution in [1.29, 1.82) is 0 Å². The average molecular weight is 170 g/mol. The molecule has 0 N–H and O–H groups in total. The molecule has 0 spiro atoms. The zero-order chi connectivity index (χ0) is 7.61. The van der Waals surface area contributed by atoms with Crippen molar-refractivity contribution >= 4 is 10.2 Å². The molecule has 0 saturated carbocycles. The third-order valence-electron chi connectivity index (χ3n) is 1.03. The number of ether oxygens (including phenoxy) is 2. The van der Waals surface area contributed by atoms with Crippen molar-refractivity contribution in [2.75, 3.05) is 19.0 Å². The summed E-state index contributed by atoms with van der Waals surface area (Å²) in [6.45, 7) is 0.667. The maximum absolute atomic E-state index is 11.9. The molecule has 1 fully saturated rings. The van der Waals surface area contributed by atoms with Gasteiger partial charge in [0.05, 0.1) is 13.2 Å². The highest BCUT2D eigenvalue weighted by molar-refractivity contribution is 7.86. The molecule has 0 aromatic carbocycles. The lowest BCUT2D eigenvalue weighted by atomic mass is 10.8. The Bertz CT molecular complexity index is 193. The lowest BCUT2D eigenvalue weighted by molar-refractivity contribution is -0.0231. The van der Waals surface area contributed by atoms with Crippen molar-refractivity contribution in [2.45, 2.75) is 6.29 Å². The fourth-order valence-corrected chi connectivity index (χ4v) is 1.18. The SMILES string of the molecule is O=S(=O)(F)CC1OCCO1. The van der Waals surface area contributed by atoms with Gasteiger partial charge in [-0.15, -0.1) is 3.89 Å². The molecule has 0 atom stereocenters. The van der Waals surface area contributed by atoms with E-state index in [0.717, 1.165) is 0 Å². The van der Waals surface area contributed by atoms with Crippen LogP contribution in [0.25, 0.3) is 0 Å². The molecular formula is C4H7FO4S. The Kier molecular flexibility index (Phi) is 2.22. The fraction of sp³-hybridized carbons (Fsp3) is 1.00. The fourth-order valence-electron chi connectivity index (χ4n) is 0.666. The van der Waals surface area contributed by atoms with E-state index in [-0.39, 0.29) is 0 Å². The lowest BCUT2D eigenvalue weighted by Gasteiger charge is -2.03. The number of hydrogen-bond acceptors (Lipinski definition) is 4. The zero-order valence-corrected chi connectivity index (χ0v) is 5.93. The van der Waals surface area contributed by atoms with E-state index in [1.807, 2.05) is 0 Å². The molecule has 0 aromatic heterocycles. The summed E-state index contributed by atoms with van der Waals surface area (Å²) in [7, 11) is -4.46. The van der Waals surface area contributed by atoms with E-state index in [0.29, 0.717) is 13.2 Å². The molecule has 0 amide bonds. The molecule has 60 valence electrons. The maximum Gasteiger partial charge on any atom is 0.307 e. The van der Waals surface area contributed by atoms with Crippen LogP contribution in [0, 0.1) is 0 Å². The third kappa shape index (κ3) is 2.59. The highest BCUT2D eigenvalue weighted by Gasteiger charge is 2.23. The van der Waals surface area contributed by atoms with Crippen LogP contribution in [-0.4, -0.2) is 33.7 Å². The number of rotatable bonds is 2. The van der Waals surface area contributed by atoms with Gasteiger partial charge in [0.2, 0.25) is 0 Å². The van der Waals surface area contributed by atoms with Crippen molar-refractivity contribution in [3.63, 3.8) is 0 Å². The molecule has 1 saturated heterocycles. The van der Waals surface area contributed by atoms with Crippen LogP contribution in [0.2, 0.25) is 0 Å². The molecule has 0 aromatic rings. The summed E-state index contributed by atoms with van der Waals surface area (Å²) in [6, 6.07) is 0. The highest BCUT2D eigenvalue weighted by Crippen LogP contribution is 2.07. The van der Waals surface area contributed by atoms with Gasteiger partial charge in [-0.25, -0.2) is 0 Å². The van der Waals surface area contributed by atoms with Crippen LogP contribution in [0.3, 0.4) is 0 Å². The Morgan fingerprint density at radius 3 is 2.30 bits per heavy atom. The number of hydrogen-bond donors (Lipinski definition) is 0. The molecular weight excluding hydrogens is 163 g/mol. The molecule has 6 heteroatoms. The largest absolute Gasteiger partial charge is 0.349 e. The van der Waals surface area contributed by atoms with Gasteiger partial charge in [-0.2, -0.15) is 8.42 Å². The average Bonchev–Trinajstić information content (AvgIpc) is 2.12. The van der Waals surface area contributed by atoms with Gasteiger partial charge < -0.3 is 9.47 Å². The summed E-state index contributed by atoms with van der Waals surface area (Å²) in [6.07, 6.45) is -0.907. The van der Waals surface area contributed by atoms with Crippen LogP contribution in [0.5, 0.6) is 0 Å². The van der Waals surface area contributed by atoms with E-state index >= 15 is 0 Å². The van der Waals surface area contributed by atoms with Crippen LogP contribution < -0.4 is 0 Å². The molecule has 1 aliphatic heterocycles. The molecule has 1 rings (SSSR count). The van der Waals surface area contributed by atoms with Gasteiger partial charge in [0.1, 0.15) is 5.75 Å². The Balaban J connectivity index is 2.38. The molecule has 10 heavy (non-hydrogen) atoms. The van der Waals surface area contributed by atoms with Crippen LogP contribution in [-0.2, 0) is 19.7 Å².